The molecule has 0 atom stereocenters. The Balaban J connectivity index is 1.36. The van der Waals surface area contributed by atoms with E-state index in [9.17, 15) is 13.2 Å². The molecule has 1 aliphatic carbocycles. The summed E-state index contributed by atoms with van der Waals surface area (Å²) in [4.78, 5) is 21.9. The summed E-state index contributed by atoms with van der Waals surface area (Å²) in [5.74, 6) is 0.256. The molecule has 0 amide bonds. The molecule has 4 heterocycles. The number of benzene rings is 1. The summed E-state index contributed by atoms with van der Waals surface area (Å²) in [6.45, 7) is 3.86. The Morgan fingerprint density at radius 2 is 1.86 bits per heavy atom. The minimum absolute atomic E-state index is 0.0134. The summed E-state index contributed by atoms with van der Waals surface area (Å²) in [6.07, 6.45) is 1.22. The van der Waals surface area contributed by atoms with Crippen LogP contribution in [0.15, 0.2) is 36.9 Å². The Hall–Kier alpha value is -4.62. The summed E-state index contributed by atoms with van der Waals surface area (Å²) in [5, 5.41) is 5.02. The van der Waals surface area contributed by atoms with Gasteiger partial charge in [0.25, 0.3) is 0 Å². The van der Waals surface area contributed by atoms with E-state index in [1.54, 1.807) is 16.9 Å². The van der Waals surface area contributed by atoms with Crippen molar-refractivity contribution >= 4 is 11.0 Å². The van der Waals surface area contributed by atoms with Crippen LogP contribution >= 0.6 is 0 Å². The second-order valence-corrected chi connectivity index (χ2v) is 10.4. The van der Waals surface area contributed by atoms with Crippen LogP contribution < -0.4 is 9.47 Å². The van der Waals surface area contributed by atoms with Crippen LogP contribution in [0.25, 0.3) is 33.8 Å². The van der Waals surface area contributed by atoms with Crippen LogP contribution in [0.2, 0.25) is 0 Å². The van der Waals surface area contributed by atoms with Crippen molar-refractivity contribution in [3.05, 3.63) is 59.7 Å². The fourth-order valence-electron chi connectivity index (χ4n) is 4.75. The molecule has 1 saturated carbocycles. The second kappa shape index (κ2) is 10.3. The molecule has 1 aliphatic rings. The van der Waals surface area contributed by atoms with E-state index in [1.165, 1.54) is 32.6 Å². The van der Waals surface area contributed by atoms with Gasteiger partial charge in [0, 0.05) is 25.2 Å². The summed E-state index contributed by atoms with van der Waals surface area (Å²) in [6, 6.07) is 4.13. The normalized spacial score (nSPS) is 13.7. The zero-order valence-corrected chi connectivity index (χ0v) is 23.1. The third kappa shape index (κ3) is 5.01. The predicted molar refractivity (Wildman–Crippen MR) is 143 cm³/mol. The lowest BCUT2D eigenvalue weighted by atomic mass is 10.1. The molecule has 0 aliphatic heterocycles. The Morgan fingerprint density at radius 1 is 1.07 bits per heavy atom. The quantitative estimate of drug-likeness (QED) is 0.209. The number of aryl methyl sites for hydroxylation is 1. The van der Waals surface area contributed by atoms with E-state index in [4.69, 9.17) is 19.4 Å². The fourth-order valence-corrected chi connectivity index (χ4v) is 4.75. The van der Waals surface area contributed by atoms with Gasteiger partial charge in [-0.05, 0) is 44.4 Å². The van der Waals surface area contributed by atoms with E-state index in [-0.39, 0.29) is 35.8 Å². The molecule has 42 heavy (non-hydrogen) atoms. The second-order valence-electron chi connectivity index (χ2n) is 10.4. The number of methoxy groups -OCH3 is 1. The molecule has 6 rings (SSSR count). The van der Waals surface area contributed by atoms with E-state index in [2.05, 4.69) is 20.1 Å². The molecule has 0 N–H and O–H groups in total. The first-order valence-electron chi connectivity index (χ1n) is 13.2. The molecule has 10 nitrogen and oxygen atoms in total. The van der Waals surface area contributed by atoms with Crippen LogP contribution in [-0.4, -0.2) is 46.4 Å². The molecule has 0 spiro atoms. The number of fused-ring (bicyclic) bond motifs is 1. The lowest BCUT2D eigenvalue weighted by Gasteiger charge is -2.14. The number of hydrogen-bond acceptors (Lipinski definition) is 8. The minimum Gasteiger partial charge on any atom is -0.480 e. The van der Waals surface area contributed by atoms with Crippen LogP contribution in [0.5, 0.6) is 11.8 Å². The molecule has 218 valence electrons. The molecular weight excluding hydrogens is 556 g/mol. The number of halogens is 4. The molecule has 14 heteroatoms. The Labute approximate surface area is 237 Å². The fraction of sp³-hybridized carbons (Fsp3) is 0.357. The van der Waals surface area contributed by atoms with Crippen LogP contribution in [0.3, 0.4) is 0 Å². The van der Waals surface area contributed by atoms with Gasteiger partial charge in [-0.2, -0.15) is 23.3 Å². The van der Waals surface area contributed by atoms with Gasteiger partial charge in [0.15, 0.2) is 17.2 Å². The zero-order chi connectivity index (χ0) is 29.8. The van der Waals surface area contributed by atoms with Crippen LogP contribution in [0.1, 0.15) is 55.6 Å². The summed E-state index contributed by atoms with van der Waals surface area (Å²) >= 11 is 0. The van der Waals surface area contributed by atoms with E-state index in [0.717, 1.165) is 29.3 Å². The standard InChI is InChI=1S/C28H26F4N8O2/c1-14(2)40-25-18(10-35-40)26(38-23(37-25)21-22(16-6-7-16)33-13-34-27(21)41-4)42-12-15-5-8-17(19(29)9-15)24-36-20(11-39(24)3)28(30,31)32/h5,8-11,13-14,16H,6-7,12H2,1-4H3. The number of hydrogen-bond donors (Lipinski definition) is 0. The Bertz CT molecular complexity index is 1790. The van der Waals surface area contributed by atoms with Crippen molar-refractivity contribution in [3.8, 4) is 34.5 Å². The number of imidazole rings is 1. The minimum atomic E-state index is -4.64. The topological polar surface area (TPSA) is 106 Å². The number of aromatic nitrogens is 8. The first-order valence-corrected chi connectivity index (χ1v) is 13.2. The van der Waals surface area contributed by atoms with E-state index < -0.39 is 17.7 Å². The Morgan fingerprint density at radius 3 is 2.50 bits per heavy atom. The van der Waals surface area contributed by atoms with Crippen LogP contribution in [0, 0.1) is 5.82 Å². The SMILES string of the molecule is COc1ncnc(C2CC2)c1-c1nc(OCc2ccc(-c3nc(C(F)(F)F)cn3C)c(F)c2)c2cnn(C(C)C)c2n1. The molecule has 5 aromatic rings. The van der Waals surface area contributed by atoms with Gasteiger partial charge in [-0.3, -0.25) is 0 Å². The third-order valence-electron chi connectivity index (χ3n) is 6.95. The monoisotopic (exact) mass is 582 g/mol. The van der Waals surface area contributed by atoms with Gasteiger partial charge in [-0.25, -0.2) is 29.0 Å². The van der Waals surface area contributed by atoms with Crippen LogP contribution in [-0.2, 0) is 19.8 Å². The lowest BCUT2D eigenvalue weighted by molar-refractivity contribution is -0.140. The highest BCUT2D eigenvalue weighted by molar-refractivity contribution is 5.83. The van der Waals surface area contributed by atoms with E-state index in [1.807, 2.05) is 13.8 Å². The maximum absolute atomic E-state index is 15.1. The predicted octanol–water partition coefficient (Wildman–Crippen LogP) is 5.89. The van der Waals surface area contributed by atoms with Crippen molar-refractivity contribution in [2.24, 2.45) is 7.05 Å². The van der Waals surface area contributed by atoms with Gasteiger partial charge >= 0.3 is 6.18 Å². The summed E-state index contributed by atoms with van der Waals surface area (Å²) < 4.78 is 69.0. The first-order chi connectivity index (χ1) is 20.0. The summed E-state index contributed by atoms with van der Waals surface area (Å²) in [5.41, 5.74) is 1.19. The zero-order valence-electron chi connectivity index (χ0n) is 23.1. The van der Waals surface area contributed by atoms with Gasteiger partial charge < -0.3 is 14.0 Å². The third-order valence-corrected chi connectivity index (χ3v) is 6.95. The number of alkyl halides is 3. The highest BCUT2D eigenvalue weighted by atomic mass is 19.4. The average molecular weight is 583 g/mol. The van der Waals surface area contributed by atoms with Crippen molar-refractivity contribution < 1.29 is 27.0 Å². The maximum atomic E-state index is 15.1. The maximum Gasteiger partial charge on any atom is 0.434 e. The molecule has 0 unspecified atom stereocenters. The highest BCUT2D eigenvalue weighted by Crippen LogP contribution is 2.45. The molecule has 0 radical (unpaired) electrons. The lowest BCUT2D eigenvalue weighted by Crippen LogP contribution is -2.08. The summed E-state index contributed by atoms with van der Waals surface area (Å²) in [7, 11) is 2.90. The first kappa shape index (κ1) is 27.5. The Kier molecular flexibility index (Phi) is 6.78. The smallest absolute Gasteiger partial charge is 0.434 e. The van der Waals surface area contributed by atoms with Crippen LogP contribution in [0.4, 0.5) is 17.6 Å². The van der Waals surface area contributed by atoms with Gasteiger partial charge in [-0.15, -0.1) is 0 Å². The van der Waals surface area contributed by atoms with Gasteiger partial charge in [-0.1, -0.05) is 6.07 Å². The molecule has 0 bridgehead atoms. The van der Waals surface area contributed by atoms with Gasteiger partial charge in [0.05, 0.1) is 24.6 Å². The molecule has 1 aromatic carbocycles. The molecule has 0 saturated heterocycles. The average Bonchev–Trinajstić information content (AvgIpc) is 3.58. The van der Waals surface area contributed by atoms with Gasteiger partial charge in [0.1, 0.15) is 35.5 Å². The number of rotatable bonds is 8. The molecule has 4 aromatic heterocycles. The van der Waals surface area contributed by atoms with Crippen molar-refractivity contribution in [3.63, 3.8) is 0 Å². The molecular formula is C28H26F4N8O2. The number of ether oxygens (including phenoxy) is 2. The highest BCUT2D eigenvalue weighted by Gasteiger charge is 2.35. The van der Waals surface area contributed by atoms with Gasteiger partial charge in [0.2, 0.25) is 11.8 Å². The van der Waals surface area contributed by atoms with Crippen molar-refractivity contribution in [1.29, 1.82) is 0 Å². The van der Waals surface area contributed by atoms with E-state index >= 15 is 4.39 Å². The van der Waals surface area contributed by atoms with Crippen molar-refractivity contribution in [1.82, 2.24) is 39.3 Å². The van der Waals surface area contributed by atoms with Crippen molar-refractivity contribution in [2.75, 3.05) is 7.11 Å². The van der Waals surface area contributed by atoms with E-state index in [0.29, 0.717) is 33.9 Å². The number of nitrogens with zero attached hydrogens (tertiary/aromatic N) is 8. The largest absolute Gasteiger partial charge is 0.480 e. The van der Waals surface area contributed by atoms with Crippen molar-refractivity contribution in [2.45, 2.75) is 51.4 Å². The molecule has 1 fully saturated rings.